The Hall–Kier alpha value is -2.00. The van der Waals surface area contributed by atoms with Crippen molar-refractivity contribution >= 4 is 11.9 Å². The van der Waals surface area contributed by atoms with Gasteiger partial charge in [0.15, 0.2) is 5.69 Å². The third-order valence-electron chi connectivity index (χ3n) is 2.85. The Labute approximate surface area is 115 Å². The van der Waals surface area contributed by atoms with Crippen molar-refractivity contribution in [2.45, 2.75) is 19.0 Å². The zero-order valence-electron chi connectivity index (χ0n) is 10.9. The molecule has 9 heteroatoms. The fourth-order valence-corrected chi connectivity index (χ4v) is 1.86. The Balaban J connectivity index is 1.66. The van der Waals surface area contributed by atoms with Gasteiger partial charge in [0.05, 0.1) is 26.0 Å². The number of hydrogen-bond donors (Lipinski definition) is 3. The van der Waals surface area contributed by atoms with Crippen LogP contribution in [0.1, 0.15) is 16.9 Å². The molecule has 0 spiro atoms. The van der Waals surface area contributed by atoms with Crippen LogP contribution >= 0.6 is 0 Å². The number of aromatic nitrogens is 3. The lowest BCUT2D eigenvalue weighted by atomic mass is 10.2. The molecule has 9 nitrogen and oxygen atoms in total. The minimum absolute atomic E-state index is 0.0498. The molecule has 20 heavy (non-hydrogen) atoms. The lowest BCUT2D eigenvalue weighted by molar-refractivity contribution is -0.122. The smallest absolute Gasteiger partial charge is 0.358 e. The summed E-state index contributed by atoms with van der Waals surface area (Å²) in [6.45, 7) is 2.72. The molecular weight excluding hydrogens is 266 g/mol. The highest BCUT2D eigenvalue weighted by Gasteiger charge is 2.16. The van der Waals surface area contributed by atoms with Gasteiger partial charge >= 0.3 is 5.97 Å². The van der Waals surface area contributed by atoms with Gasteiger partial charge in [0.25, 0.3) is 0 Å². The molecule has 1 fully saturated rings. The van der Waals surface area contributed by atoms with Crippen molar-refractivity contribution in [3.8, 4) is 0 Å². The van der Waals surface area contributed by atoms with Crippen LogP contribution in [-0.4, -0.2) is 64.3 Å². The van der Waals surface area contributed by atoms with E-state index in [0.29, 0.717) is 32.7 Å². The van der Waals surface area contributed by atoms with E-state index in [4.69, 9.17) is 9.84 Å². The summed E-state index contributed by atoms with van der Waals surface area (Å²) in [5, 5.41) is 21.8. The molecule has 0 bridgehead atoms. The van der Waals surface area contributed by atoms with E-state index in [2.05, 4.69) is 20.9 Å². The number of carboxylic acid groups (broad SMARTS) is 1. The van der Waals surface area contributed by atoms with Crippen LogP contribution in [0.3, 0.4) is 0 Å². The predicted octanol–water partition coefficient (Wildman–Crippen LogP) is -1.53. The van der Waals surface area contributed by atoms with Crippen molar-refractivity contribution in [1.82, 2.24) is 25.6 Å². The Morgan fingerprint density at radius 2 is 2.45 bits per heavy atom. The quantitative estimate of drug-likeness (QED) is 0.579. The van der Waals surface area contributed by atoms with Gasteiger partial charge in [-0.05, 0) is 0 Å². The first-order chi connectivity index (χ1) is 9.65. The van der Waals surface area contributed by atoms with Crippen LogP contribution in [0.15, 0.2) is 6.20 Å². The molecule has 1 amide bonds. The lowest BCUT2D eigenvalue weighted by Gasteiger charge is -2.23. The van der Waals surface area contributed by atoms with E-state index >= 15 is 0 Å². The monoisotopic (exact) mass is 283 g/mol. The maximum Gasteiger partial charge on any atom is 0.358 e. The zero-order valence-corrected chi connectivity index (χ0v) is 10.9. The normalized spacial score (nSPS) is 18.7. The molecule has 110 valence electrons. The van der Waals surface area contributed by atoms with Crippen LogP contribution in [0.4, 0.5) is 0 Å². The fourth-order valence-electron chi connectivity index (χ4n) is 1.86. The largest absolute Gasteiger partial charge is 0.476 e. The molecule has 1 saturated heterocycles. The van der Waals surface area contributed by atoms with E-state index in [1.165, 1.54) is 10.9 Å². The van der Waals surface area contributed by atoms with Crippen LogP contribution in [0.2, 0.25) is 0 Å². The number of morpholine rings is 1. The molecule has 2 rings (SSSR count). The van der Waals surface area contributed by atoms with Crippen molar-refractivity contribution in [1.29, 1.82) is 0 Å². The van der Waals surface area contributed by atoms with Crippen molar-refractivity contribution < 1.29 is 19.4 Å². The summed E-state index contributed by atoms with van der Waals surface area (Å²) in [4.78, 5) is 22.3. The van der Waals surface area contributed by atoms with Gasteiger partial charge in [-0.25, -0.2) is 9.48 Å². The molecule has 1 aromatic heterocycles. The lowest BCUT2D eigenvalue weighted by Crippen LogP contribution is -2.44. The van der Waals surface area contributed by atoms with Gasteiger partial charge in [-0.1, -0.05) is 5.21 Å². The summed E-state index contributed by atoms with van der Waals surface area (Å²) >= 11 is 0. The van der Waals surface area contributed by atoms with Gasteiger partial charge in [0, 0.05) is 25.6 Å². The number of ether oxygens (including phenoxy) is 1. The van der Waals surface area contributed by atoms with E-state index in [1.54, 1.807) is 0 Å². The SMILES string of the molecule is O=C(CC1COCCN1)NCCn1cc(C(=O)O)nn1. The number of rotatable bonds is 6. The van der Waals surface area contributed by atoms with Crippen LogP contribution in [0, 0.1) is 0 Å². The molecule has 0 radical (unpaired) electrons. The Morgan fingerprint density at radius 1 is 1.60 bits per heavy atom. The van der Waals surface area contributed by atoms with Crippen LogP contribution in [0.25, 0.3) is 0 Å². The molecule has 1 unspecified atom stereocenters. The molecule has 0 aliphatic carbocycles. The average Bonchev–Trinajstić information content (AvgIpc) is 2.89. The summed E-state index contributed by atoms with van der Waals surface area (Å²) in [6.07, 6.45) is 1.68. The maximum absolute atomic E-state index is 11.7. The summed E-state index contributed by atoms with van der Waals surface area (Å²) in [5.74, 6) is -1.20. The second-order valence-corrected chi connectivity index (χ2v) is 4.45. The summed E-state index contributed by atoms with van der Waals surface area (Å²) in [7, 11) is 0. The van der Waals surface area contributed by atoms with E-state index in [1.807, 2.05) is 0 Å². The number of carbonyl (C=O) groups excluding carboxylic acids is 1. The van der Waals surface area contributed by atoms with Crippen molar-refractivity contribution in [2.24, 2.45) is 0 Å². The van der Waals surface area contributed by atoms with Gasteiger partial charge < -0.3 is 20.5 Å². The van der Waals surface area contributed by atoms with Crippen LogP contribution in [-0.2, 0) is 16.1 Å². The highest BCUT2D eigenvalue weighted by atomic mass is 16.5. The third kappa shape index (κ3) is 4.28. The third-order valence-corrected chi connectivity index (χ3v) is 2.85. The molecule has 1 aliphatic rings. The van der Waals surface area contributed by atoms with Crippen molar-refractivity contribution in [3.05, 3.63) is 11.9 Å². The van der Waals surface area contributed by atoms with Gasteiger partial charge in [0.1, 0.15) is 0 Å². The summed E-state index contributed by atoms with van der Waals surface area (Å²) < 4.78 is 6.64. The number of carboxylic acids is 1. The number of carbonyl (C=O) groups is 2. The number of aromatic carboxylic acids is 1. The molecule has 1 aliphatic heterocycles. The molecule has 1 aromatic rings. The van der Waals surface area contributed by atoms with Gasteiger partial charge in [-0.3, -0.25) is 4.79 Å². The highest BCUT2D eigenvalue weighted by Crippen LogP contribution is 1.98. The summed E-state index contributed by atoms with van der Waals surface area (Å²) in [5.41, 5.74) is -0.111. The van der Waals surface area contributed by atoms with Crippen LogP contribution < -0.4 is 10.6 Å². The predicted molar refractivity (Wildman–Crippen MR) is 67.2 cm³/mol. The van der Waals surface area contributed by atoms with E-state index in [-0.39, 0.29) is 17.6 Å². The first-order valence-electron chi connectivity index (χ1n) is 6.36. The number of hydrogen-bond acceptors (Lipinski definition) is 6. The second-order valence-electron chi connectivity index (χ2n) is 4.45. The average molecular weight is 283 g/mol. The zero-order chi connectivity index (χ0) is 14.4. The Bertz CT molecular complexity index is 469. The van der Waals surface area contributed by atoms with Gasteiger partial charge in [0.2, 0.25) is 5.91 Å². The van der Waals surface area contributed by atoms with E-state index in [9.17, 15) is 9.59 Å². The minimum Gasteiger partial charge on any atom is -0.476 e. The molecule has 1 atom stereocenters. The molecule has 3 N–H and O–H groups in total. The Kier molecular flexibility index (Phi) is 5.02. The minimum atomic E-state index is -1.12. The van der Waals surface area contributed by atoms with Crippen LogP contribution in [0.5, 0.6) is 0 Å². The van der Waals surface area contributed by atoms with E-state index in [0.717, 1.165) is 6.54 Å². The van der Waals surface area contributed by atoms with Gasteiger partial charge in [-0.2, -0.15) is 0 Å². The highest BCUT2D eigenvalue weighted by molar-refractivity contribution is 5.84. The molecule has 2 heterocycles. The second kappa shape index (κ2) is 6.96. The summed E-state index contributed by atoms with van der Waals surface area (Å²) in [6, 6.07) is 0.0498. The molecule has 0 saturated carbocycles. The maximum atomic E-state index is 11.7. The number of nitrogens with one attached hydrogen (secondary N) is 2. The first-order valence-corrected chi connectivity index (χ1v) is 6.36. The van der Waals surface area contributed by atoms with Gasteiger partial charge in [-0.15, -0.1) is 5.10 Å². The number of nitrogens with zero attached hydrogens (tertiary/aromatic N) is 3. The topological polar surface area (TPSA) is 118 Å². The Morgan fingerprint density at radius 3 is 3.10 bits per heavy atom. The molecule has 0 aromatic carbocycles. The molecular formula is C11H17N5O4. The van der Waals surface area contributed by atoms with E-state index < -0.39 is 5.97 Å². The number of amides is 1. The fraction of sp³-hybridized carbons (Fsp3) is 0.636. The standard InChI is InChI=1S/C11H17N5O4/c17-10(5-8-7-20-4-2-12-8)13-1-3-16-6-9(11(18)19)14-15-16/h6,8,12H,1-5,7H2,(H,13,17)(H,18,19). The first kappa shape index (κ1) is 14.4. The van der Waals surface area contributed by atoms with Crippen molar-refractivity contribution in [3.63, 3.8) is 0 Å². The van der Waals surface area contributed by atoms with Crippen molar-refractivity contribution in [2.75, 3.05) is 26.3 Å².